The number of allylic oxidation sites excluding steroid dienone is 8. The average Bonchev–Trinajstić information content (AvgIpc) is 3.12. The first-order valence-corrected chi connectivity index (χ1v) is 17.7. The van der Waals surface area contributed by atoms with Crippen LogP contribution >= 0.6 is 0 Å². The van der Waals surface area contributed by atoms with Gasteiger partial charge in [0.25, 0.3) is 6.43 Å². The van der Waals surface area contributed by atoms with Crippen LogP contribution in [0.4, 0.5) is 23.2 Å². The molecule has 0 saturated carbocycles. The number of nitrogens with two attached hydrogens (primary N) is 1. The van der Waals surface area contributed by atoms with Crippen molar-refractivity contribution in [3.05, 3.63) is 89.3 Å². The molecule has 5 nitrogen and oxygen atoms in total. The second-order valence-corrected chi connectivity index (χ2v) is 10.0. The first kappa shape index (κ1) is 62.6. The Morgan fingerprint density at radius 1 is 0.980 bits per heavy atom. The number of aliphatic hydroxyl groups is 1. The molecule has 300 valence electrons. The summed E-state index contributed by atoms with van der Waals surface area (Å²) in [6, 6.07) is 6.22. The maximum Gasteiger partial charge on any atom is 0.264 e. The van der Waals surface area contributed by atoms with Crippen molar-refractivity contribution < 1.29 is 27.4 Å². The van der Waals surface area contributed by atoms with E-state index in [-0.39, 0.29) is 12.2 Å². The van der Waals surface area contributed by atoms with Crippen molar-refractivity contribution >= 4 is 5.69 Å². The smallest absolute Gasteiger partial charge is 0.264 e. The topological polar surface area (TPSA) is 70.8 Å². The summed E-state index contributed by atoms with van der Waals surface area (Å²) in [6.07, 6.45) is 16.9. The van der Waals surface area contributed by atoms with Crippen molar-refractivity contribution in [3.63, 3.8) is 0 Å². The van der Waals surface area contributed by atoms with Crippen molar-refractivity contribution in [2.75, 3.05) is 25.8 Å². The number of benzene rings is 1. The summed E-state index contributed by atoms with van der Waals surface area (Å²) in [5.41, 5.74) is 5.70. The Kier molecular flexibility index (Phi) is 65.5. The molecular weight excluding hydrogens is 654 g/mol. The van der Waals surface area contributed by atoms with E-state index in [2.05, 4.69) is 70.5 Å². The lowest BCUT2D eigenvalue weighted by atomic mass is 10.1. The minimum absolute atomic E-state index is 0.123. The number of nitrogens with one attached hydrogen (secondary N) is 1. The van der Waals surface area contributed by atoms with Crippen LogP contribution < -0.4 is 16.2 Å². The maximum absolute atomic E-state index is 12.8. The summed E-state index contributed by atoms with van der Waals surface area (Å²) in [7, 11) is 2.15. The van der Waals surface area contributed by atoms with Gasteiger partial charge in [0.15, 0.2) is 0 Å². The Balaban J connectivity index is -0.0000000989. The van der Waals surface area contributed by atoms with Crippen LogP contribution in [0.3, 0.4) is 0 Å². The van der Waals surface area contributed by atoms with Gasteiger partial charge < -0.3 is 15.2 Å². The third-order valence-corrected chi connectivity index (χ3v) is 5.31. The van der Waals surface area contributed by atoms with E-state index in [1.807, 2.05) is 60.6 Å². The van der Waals surface area contributed by atoms with Gasteiger partial charge in [-0.1, -0.05) is 90.3 Å². The van der Waals surface area contributed by atoms with Crippen LogP contribution in [-0.2, 0) is 4.74 Å². The zero-order chi connectivity index (χ0) is 41.6. The molecule has 0 aliphatic carbocycles. The quantitative estimate of drug-likeness (QED) is 0.0470. The van der Waals surface area contributed by atoms with Crippen LogP contribution in [0.25, 0.3) is 0 Å². The number of hydrazine groups is 1. The van der Waals surface area contributed by atoms with Crippen molar-refractivity contribution in [1.82, 2.24) is 5.32 Å². The number of anilines is 1. The minimum atomic E-state index is -2.58. The molecule has 0 fully saturated rings. The monoisotopic (exact) mass is 732 g/mol. The summed E-state index contributed by atoms with van der Waals surface area (Å²) in [4.78, 5) is 0. The molecule has 1 rings (SSSR count). The van der Waals surface area contributed by atoms with Gasteiger partial charge in [0.2, 0.25) is 0 Å². The van der Waals surface area contributed by atoms with E-state index >= 15 is 0 Å². The Morgan fingerprint density at radius 2 is 1.47 bits per heavy atom. The number of terminal acetylenes is 1. The molecule has 0 aromatic heterocycles. The van der Waals surface area contributed by atoms with Gasteiger partial charge in [-0.25, -0.2) is 19.0 Å². The lowest BCUT2D eigenvalue weighted by molar-refractivity contribution is -0.00595. The fourth-order valence-electron chi connectivity index (χ4n) is 3.00. The molecular formula is C42H77F4N3O2. The van der Waals surface area contributed by atoms with Gasteiger partial charge in [0, 0.05) is 17.9 Å². The van der Waals surface area contributed by atoms with Crippen LogP contribution in [-0.4, -0.2) is 38.5 Å². The molecule has 1 aromatic carbocycles. The highest BCUT2D eigenvalue weighted by atomic mass is 19.3. The third kappa shape index (κ3) is 53.5. The van der Waals surface area contributed by atoms with Gasteiger partial charge in [0.1, 0.15) is 11.9 Å². The van der Waals surface area contributed by atoms with Gasteiger partial charge in [-0.3, -0.25) is 9.40 Å². The van der Waals surface area contributed by atoms with Crippen LogP contribution in [0.1, 0.15) is 129 Å². The van der Waals surface area contributed by atoms with E-state index in [0.29, 0.717) is 7.18 Å². The molecule has 0 saturated heterocycles. The second kappa shape index (κ2) is 53.3. The first-order chi connectivity index (χ1) is 24.2. The number of hydrogen-bond donors (Lipinski definition) is 3. The normalized spacial score (nSPS) is 9.88. The highest BCUT2D eigenvalue weighted by Crippen LogP contribution is 2.21. The van der Waals surface area contributed by atoms with Crippen LogP contribution in [0.15, 0.2) is 83.4 Å². The van der Waals surface area contributed by atoms with Gasteiger partial charge in [-0.15, -0.1) is 12.3 Å². The van der Waals surface area contributed by atoms with Gasteiger partial charge >= 0.3 is 0 Å². The van der Waals surface area contributed by atoms with Crippen LogP contribution in [0.2, 0.25) is 0 Å². The highest BCUT2D eigenvalue weighted by molar-refractivity contribution is 5.50. The lowest BCUT2D eigenvalue weighted by Crippen LogP contribution is -2.30. The molecule has 0 spiro atoms. The molecule has 4 N–H and O–H groups in total. The zero-order valence-electron chi connectivity index (χ0n) is 35.1. The Bertz CT molecular complexity index is 1010. The minimum Gasteiger partial charge on any atom is -0.505 e. The predicted molar refractivity (Wildman–Crippen MR) is 220 cm³/mol. The van der Waals surface area contributed by atoms with Crippen molar-refractivity contribution in [2.24, 2.45) is 5.84 Å². The summed E-state index contributed by atoms with van der Waals surface area (Å²) >= 11 is 0. The van der Waals surface area contributed by atoms with E-state index < -0.39 is 12.5 Å². The summed E-state index contributed by atoms with van der Waals surface area (Å²) < 4.78 is 49.4. The van der Waals surface area contributed by atoms with Crippen molar-refractivity contribution in [2.45, 2.75) is 142 Å². The van der Waals surface area contributed by atoms with Crippen LogP contribution in [0, 0.1) is 18.2 Å². The van der Waals surface area contributed by atoms with Crippen LogP contribution in [0.5, 0.6) is 0 Å². The maximum atomic E-state index is 12.8. The first-order valence-electron chi connectivity index (χ1n) is 17.7. The SMILES string of the molecule is C#CC.C/C=C\CN/C(C)=C\C/C=C/OC.CC.CC.CCC(O)C(F)F.CCC=C(C)C.CCCC(=C(C)C)N(N)c1ccc(F)cc1.CF. The molecule has 0 bridgehead atoms. The molecule has 1 aromatic rings. The Morgan fingerprint density at radius 3 is 1.76 bits per heavy atom. The zero-order valence-corrected chi connectivity index (χ0v) is 35.1. The number of methoxy groups -OCH3 is 1. The number of rotatable bonds is 13. The summed E-state index contributed by atoms with van der Waals surface area (Å²) in [5, 5.41) is 13.1. The molecule has 0 amide bonds. The lowest BCUT2D eigenvalue weighted by Gasteiger charge is -2.23. The highest BCUT2D eigenvalue weighted by Gasteiger charge is 2.12. The number of aliphatic hydroxyl groups excluding tert-OH is 1. The molecule has 1 unspecified atom stereocenters. The van der Waals surface area contributed by atoms with E-state index in [1.54, 1.807) is 37.4 Å². The second-order valence-electron chi connectivity index (χ2n) is 10.0. The number of halogens is 4. The molecule has 0 heterocycles. The summed E-state index contributed by atoms with van der Waals surface area (Å²) in [6.45, 7) is 28.7. The molecule has 9 heteroatoms. The number of hydrogen-bond acceptors (Lipinski definition) is 5. The van der Waals surface area contributed by atoms with Gasteiger partial charge in [-0.05, 0) is 104 Å². The number of nitrogens with zero attached hydrogens (tertiary/aromatic N) is 1. The molecule has 0 aliphatic heterocycles. The van der Waals surface area contributed by atoms with Crippen molar-refractivity contribution in [1.29, 1.82) is 0 Å². The largest absolute Gasteiger partial charge is 0.505 e. The van der Waals surface area contributed by atoms with Gasteiger partial charge in [0.05, 0.1) is 26.2 Å². The van der Waals surface area contributed by atoms with E-state index in [9.17, 15) is 17.6 Å². The molecule has 0 aliphatic rings. The number of ether oxygens (including phenoxy) is 1. The van der Waals surface area contributed by atoms with E-state index in [0.717, 1.165) is 37.2 Å². The standard InChI is InChI=1S/C13H19FN2.C11H19NO.C6H12.C4H8F2O.C3H4.2C2H6.CH3F/c1-4-5-13(10(2)3)16(15)12-8-6-11(14)7-9-12;1-4-5-9-12-11(2)8-6-7-10-13-3;1-4-5-6(2)3;1-2-3(7)4(5)6;1-3-2;3*1-2/h6-9H,4-5,15H2,1-3H3;4-5,7-8,10,12H,6,9H2,1-3H3;5H,4H2,1-3H3;3-4,7H,2H2,1H3;1H,2H3;2*1-2H3;1H3/b;5-4-,10-7+,11-8-;;;;;;. The Hall–Kier alpha value is -3.48. The molecule has 1 atom stereocenters. The predicted octanol–water partition coefficient (Wildman–Crippen LogP) is 12.9. The molecule has 51 heavy (non-hydrogen) atoms. The van der Waals surface area contributed by atoms with E-state index in [4.69, 9.17) is 15.7 Å². The van der Waals surface area contributed by atoms with Crippen molar-refractivity contribution in [3.8, 4) is 12.3 Å². The summed E-state index contributed by atoms with van der Waals surface area (Å²) in [5.74, 6) is 8.04. The number of alkyl halides is 3. The van der Waals surface area contributed by atoms with Gasteiger partial charge in [-0.2, -0.15) is 0 Å². The molecule has 0 radical (unpaired) electrons. The fraction of sp³-hybridized carbons (Fsp3) is 0.571. The van der Waals surface area contributed by atoms with E-state index in [1.165, 1.54) is 42.3 Å². The average molecular weight is 732 g/mol. The Labute approximate surface area is 312 Å². The third-order valence-electron chi connectivity index (χ3n) is 5.31. The fourth-order valence-corrected chi connectivity index (χ4v) is 3.00.